The summed E-state index contributed by atoms with van der Waals surface area (Å²) < 4.78 is 8.70. The molecule has 0 unspecified atom stereocenters. The van der Waals surface area contributed by atoms with E-state index in [1.165, 1.54) is 0 Å². The van der Waals surface area contributed by atoms with Crippen LogP contribution >= 0.6 is 11.3 Å². The minimum atomic E-state index is 0.559. The van der Waals surface area contributed by atoms with Gasteiger partial charge in [-0.1, -0.05) is 133 Å². The Morgan fingerprint density at radius 2 is 0.911 bits per heavy atom. The lowest BCUT2D eigenvalue weighted by molar-refractivity contribution is 0.669. The van der Waals surface area contributed by atoms with Gasteiger partial charge >= 0.3 is 0 Å². The molecule has 0 spiro atoms. The van der Waals surface area contributed by atoms with E-state index in [1.807, 2.05) is 97.1 Å². The number of fused-ring (bicyclic) bond motifs is 6. The predicted octanol–water partition coefficient (Wildman–Crippen LogP) is 12.9. The molecule has 7 heteroatoms. The fraction of sp³-hybridized carbons (Fsp3) is 0. The molecular weight excluding hydrogens is 707 g/mol. The Bertz CT molecular complexity index is 3190. The first-order valence-corrected chi connectivity index (χ1v) is 19.2. The lowest BCUT2D eigenvalue weighted by Gasteiger charge is -2.10. The van der Waals surface area contributed by atoms with Crippen LogP contribution in [0.5, 0.6) is 0 Å². The van der Waals surface area contributed by atoms with Crippen molar-refractivity contribution in [3.05, 3.63) is 176 Å². The quantitative estimate of drug-likeness (QED) is 0.169. The first-order chi connectivity index (χ1) is 27.7. The van der Waals surface area contributed by atoms with Crippen LogP contribution in [0.2, 0.25) is 0 Å². The van der Waals surface area contributed by atoms with E-state index in [0.717, 1.165) is 86.9 Å². The number of hydrogen-bond donors (Lipinski definition) is 0. The summed E-state index contributed by atoms with van der Waals surface area (Å²) in [6, 6.07) is 59.8. The number of nitrogens with zero attached hydrogens (tertiary/aromatic N) is 5. The van der Waals surface area contributed by atoms with Gasteiger partial charge in [0, 0.05) is 58.8 Å². The number of thiophene rings is 1. The van der Waals surface area contributed by atoms with E-state index >= 15 is 0 Å². The number of rotatable bonds is 6. The Kier molecular flexibility index (Phi) is 7.57. The third-order valence-corrected chi connectivity index (χ3v) is 11.4. The van der Waals surface area contributed by atoms with E-state index in [1.54, 1.807) is 11.3 Å². The molecule has 0 amide bonds. The van der Waals surface area contributed by atoms with Crippen molar-refractivity contribution in [2.24, 2.45) is 0 Å². The minimum absolute atomic E-state index is 0.559. The second-order valence-electron chi connectivity index (χ2n) is 13.6. The smallest absolute Gasteiger partial charge is 0.167 e. The topological polar surface area (TPSA) is 77.6 Å². The summed E-state index contributed by atoms with van der Waals surface area (Å²) in [5, 5.41) is 4.33. The van der Waals surface area contributed by atoms with Crippen molar-refractivity contribution in [2.45, 2.75) is 0 Å². The fourth-order valence-corrected chi connectivity index (χ4v) is 8.65. The van der Waals surface area contributed by atoms with Crippen molar-refractivity contribution in [3.63, 3.8) is 0 Å². The molecule has 0 fully saturated rings. The maximum atomic E-state index is 6.44. The molecule has 262 valence electrons. The van der Waals surface area contributed by atoms with E-state index in [9.17, 15) is 0 Å². The molecule has 4 heterocycles. The largest absolute Gasteiger partial charge is 0.455 e. The molecule has 0 saturated carbocycles. The fourth-order valence-electron chi connectivity index (χ4n) is 7.46. The summed E-state index contributed by atoms with van der Waals surface area (Å²) in [4.78, 5) is 25.6. The zero-order chi connectivity index (χ0) is 37.0. The number of benzene rings is 7. The zero-order valence-electron chi connectivity index (χ0n) is 29.8. The molecule has 0 aliphatic rings. The second-order valence-corrected chi connectivity index (χ2v) is 14.7. The van der Waals surface area contributed by atoms with Crippen LogP contribution in [0, 0.1) is 0 Å². The second kappa shape index (κ2) is 13.2. The lowest BCUT2D eigenvalue weighted by atomic mass is 10.0. The van der Waals surface area contributed by atoms with Crippen LogP contribution in [0.1, 0.15) is 0 Å². The van der Waals surface area contributed by atoms with Gasteiger partial charge in [-0.25, -0.2) is 24.9 Å². The van der Waals surface area contributed by atoms with Gasteiger partial charge in [0.1, 0.15) is 11.2 Å². The highest BCUT2D eigenvalue weighted by atomic mass is 32.1. The summed E-state index contributed by atoms with van der Waals surface area (Å²) in [5.74, 6) is 2.44. The average molecular weight is 736 g/mol. The number of aromatic nitrogens is 5. The van der Waals surface area contributed by atoms with Crippen LogP contribution in [-0.4, -0.2) is 24.9 Å². The van der Waals surface area contributed by atoms with Crippen LogP contribution in [0.25, 0.3) is 110 Å². The summed E-state index contributed by atoms with van der Waals surface area (Å²) in [7, 11) is 0. The van der Waals surface area contributed by atoms with Crippen LogP contribution in [0.4, 0.5) is 0 Å². The Morgan fingerprint density at radius 1 is 0.357 bits per heavy atom. The van der Waals surface area contributed by atoms with Crippen LogP contribution in [0.15, 0.2) is 180 Å². The molecule has 0 aliphatic carbocycles. The Hall–Kier alpha value is -7.35. The van der Waals surface area contributed by atoms with Gasteiger partial charge in [-0.2, -0.15) is 0 Å². The summed E-state index contributed by atoms with van der Waals surface area (Å²) in [5.41, 5.74) is 9.06. The van der Waals surface area contributed by atoms with Crippen molar-refractivity contribution < 1.29 is 4.42 Å². The number of hydrogen-bond acceptors (Lipinski definition) is 7. The SMILES string of the molecule is c1ccc(-c2cc(-c3ccccc3)nc(-c3ccc4sc5c(-c6nc(-c7ccccc7)nc(-c7cccc8c7oc7ccccc78)n6)cccc5c4c3)n2)cc1. The highest BCUT2D eigenvalue weighted by Gasteiger charge is 2.20. The molecule has 0 N–H and O–H groups in total. The summed E-state index contributed by atoms with van der Waals surface area (Å²) in [6.45, 7) is 0. The van der Waals surface area contributed by atoms with Gasteiger partial charge in [0.05, 0.1) is 17.0 Å². The maximum absolute atomic E-state index is 6.44. The Morgan fingerprint density at radius 3 is 1.62 bits per heavy atom. The van der Waals surface area contributed by atoms with E-state index in [0.29, 0.717) is 23.3 Å². The minimum Gasteiger partial charge on any atom is -0.455 e. The first kappa shape index (κ1) is 32.1. The molecular formula is C49H29N5OS. The Labute approximate surface area is 325 Å². The van der Waals surface area contributed by atoms with Gasteiger partial charge in [0.25, 0.3) is 0 Å². The van der Waals surface area contributed by atoms with Crippen molar-refractivity contribution in [2.75, 3.05) is 0 Å². The average Bonchev–Trinajstić information content (AvgIpc) is 3.85. The highest BCUT2D eigenvalue weighted by Crippen LogP contribution is 2.42. The van der Waals surface area contributed by atoms with Crippen molar-refractivity contribution in [1.82, 2.24) is 24.9 Å². The highest BCUT2D eigenvalue weighted by molar-refractivity contribution is 7.26. The molecule has 56 heavy (non-hydrogen) atoms. The molecule has 0 atom stereocenters. The van der Waals surface area contributed by atoms with E-state index in [4.69, 9.17) is 29.3 Å². The van der Waals surface area contributed by atoms with E-state index in [-0.39, 0.29) is 0 Å². The number of para-hydroxylation sites is 2. The molecule has 0 aliphatic heterocycles. The molecule has 4 aromatic heterocycles. The first-order valence-electron chi connectivity index (χ1n) is 18.4. The summed E-state index contributed by atoms with van der Waals surface area (Å²) in [6.07, 6.45) is 0. The van der Waals surface area contributed by atoms with Gasteiger partial charge in [-0.15, -0.1) is 11.3 Å². The molecule has 0 radical (unpaired) electrons. The van der Waals surface area contributed by atoms with Gasteiger partial charge in [-0.05, 0) is 42.5 Å². The van der Waals surface area contributed by atoms with Crippen molar-refractivity contribution in [1.29, 1.82) is 0 Å². The molecule has 0 saturated heterocycles. The predicted molar refractivity (Wildman–Crippen MR) is 228 cm³/mol. The molecule has 11 rings (SSSR count). The lowest BCUT2D eigenvalue weighted by Crippen LogP contribution is -2.00. The van der Waals surface area contributed by atoms with Gasteiger partial charge in [-0.3, -0.25) is 0 Å². The normalized spacial score (nSPS) is 11.6. The standard InChI is InChI=1S/C49H29N5OS/c1-4-14-30(15-5-1)40-29-41(31-16-6-2-7-17-31)51-47(50-40)33-26-27-43-39(28-33)36-22-13-24-38(45(36)56-43)49-53-46(32-18-8-3-9-19-32)52-48(54-49)37-23-12-21-35-34-20-10-11-25-42(34)55-44(35)37/h1-29H. The molecule has 6 nitrogen and oxygen atoms in total. The van der Waals surface area contributed by atoms with Crippen LogP contribution in [0.3, 0.4) is 0 Å². The van der Waals surface area contributed by atoms with E-state index in [2.05, 4.69) is 78.9 Å². The van der Waals surface area contributed by atoms with Gasteiger partial charge < -0.3 is 4.42 Å². The zero-order valence-corrected chi connectivity index (χ0v) is 30.6. The molecule has 7 aromatic carbocycles. The molecule has 11 aromatic rings. The van der Waals surface area contributed by atoms with Crippen LogP contribution in [-0.2, 0) is 0 Å². The third-order valence-electron chi connectivity index (χ3n) is 10.2. The Balaban J connectivity index is 1.08. The maximum Gasteiger partial charge on any atom is 0.167 e. The summed E-state index contributed by atoms with van der Waals surface area (Å²) >= 11 is 1.74. The third kappa shape index (κ3) is 5.52. The van der Waals surface area contributed by atoms with Gasteiger partial charge in [0.2, 0.25) is 0 Å². The van der Waals surface area contributed by atoms with Crippen molar-refractivity contribution >= 4 is 53.4 Å². The van der Waals surface area contributed by atoms with Gasteiger partial charge in [0.15, 0.2) is 23.3 Å². The number of furan rings is 1. The molecule has 0 bridgehead atoms. The van der Waals surface area contributed by atoms with Crippen molar-refractivity contribution in [3.8, 4) is 68.1 Å². The van der Waals surface area contributed by atoms with E-state index < -0.39 is 0 Å². The van der Waals surface area contributed by atoms with Crippen LogP contribution < -0.4 is 0 Å². The monoisotopic (exact) mass is 735 g/mol.